The maximum absolute atomic E-state index is 12.6. The summed E-state index contributed by atoms with van der Waals surface area (Å²) < 4.78 is 5.00. The molecule has 120 valence electrons. The van der Waals surface area contributed by atoms with Crippen molar-refractivity contribution in [2.24, 2.45) is 5.73 Å². The Morgan fingerprint density at radius 1 is 1.32 bits per heavy atom. The smallest absolute Gasteiger partial charge is 0.246 e. The van der Waals surface area contributed by atoms with Crippen LogP contribution < -0.4 is 10.6 Å². The molecule has 0 fully saturated rings. The lowest BCUT2D eigenvalue weighted by molar-refractivity contribution is -0.121. The van der Waals surface area contributed by atoms with E-state index in [1.165, 1.54) is 0 Å². The van der Waals surface area contributed by atoms with Crippen molar-refractivity contribution < 1.29 is 9.53 Å². The zero-order valence-electron chi connectivity index (χ0n) is 12.7. The maximum atomic E-state index is 12.6. The molecule has 0 aliphatic rings. The maximum Gasteiger partial charge on any atom is 0.246 e. The Morgan fingerprint density at radius 2 is 2.00 bits per heavy atom. The van der Waals surface area contributed by atoms with Crippen molar-refractivity contribution in [1.82, 2.24) is 0 Å². The first-order chi connectivity index (χ1) is 10.1. The molecule has 0 radical (unpaired) electrons. The molecule has 0 aliphatic carbocycles. The second-order valence-electron chi connectivity index (χ2n) is 4.90. The summed E-state index contributed by atoms with van der Waals surface area (Å²) in [5, 5.41) is 2.00. The summed E-state index contributed by atoms with van der Waals surface area (Å²) in [5.74, 6) is -0.130. The third kappa shape index (κ3) is 4.81. The summed E-state index contributed by atoms with van der Waals surface area (Å²) in [6.45, 7) is 2.76. The highest BCUT2D eigenvalue weighted by Gasteiger charge is 2.22. The van der Waals surface area contributed by atoms with Crippen LogP contribution in [-0.2, 0) is 16.1 Å². The summed E-state index contributed by atoms with van der Waals surface area (Å²) in [6, 6.07) is 11.2. The molecule has 2 N–H and O–H groups in total. The molecule has 1 amide bonds. The van der Waals surface area contributed by atoms with Crippen LogP contribution in [0, 0.1) is 6.92 Å². The predicted octanol–water partition coefficient (Wildman–Crippen LogP) is 2.99. The fraction of sp³-hybridized carbons (Fsp3) is 0.312. The van der Waals surface area contributed by atoms with Gasteiger partial charge in [-0.15, -0.1) is 23.7 Å². The van der Waals surface area contributed by atoms with Gasteiger partial charge in [-0.2, -0.15) is 0 Å². The average Bonchev–Trinajstić information content (AvgIpc) is 2.98. The molecule has 0 spiro atoms. The number of nitrogens with zero attached hydrogens (tertiary/aromatic N) is 1. The number of halogens is 1. The number of thiophene rings is 1. The van der Waals surface area contributed by atoms with Gasteiger partial charge in [0.25, 0.3) is 0 Å². The van der Waals surface area contributed by atoms with Crippen LogP contribution in [0.3, 0.4) is 0 Å². The van der Waals surface area contributed by atoms with E-state index >= 15 is 0 Å². The highest BCUT2D eigenvalue weighted by Crippen LogP contribution is 2.21. The SMILES string of the molecule is COCC(N)C(=O)N(Cc1cccs1)c1ccc(C)cc1.Cl. The summed E-state index contributed by atoms with van der Waals surface area (Å²) in [7, 11) is 1.54. The molecule has 2 aromatic rings. The molecule has 1 aromatic carbocycles. The van der Waals surface area contributed by atoms with Gasteiger partial charge in [0.2, 0.25) is 5.91 Å². The van der Waals surface area contributed by atoms with Crippen molar-refractivity contribution in [2.75, 3.05) is 18.6 Å². The van der Waals surface area contributed by atoms with Gasteiger partial charge in [0.15, 0.2) is 0 Å². The third-order valence-corrected chi connectivity index (χ3v) is 4.03. The first kappa shape index (κ1) is 18.6. The van der Waals surface area contributed by atoms with Crippen LogP contribution in [0.15, 0.2) is 41.8 Å². The average molecular weight is 341 g/mol. The summed E-state index contributed by atoms with van der Waals surface area (Å²) >= 11 is 1.63. The van der Waals surface area contributed by atoms with E-state index in [4.69, 9.17) is 10.5 Å². The van der Waals surface area contributed by atoms with Gasteiger partial charge in [-0.25, -0.2) is 0 Å². The van der Waals surface area contributed by atoms with Gasteiger partial charge >= 0.3 is 0 Å². The van der Waals surface area contributed by atoms with Crippen molar-refractivity contribution >= 4 is 35.3 Å². The number of hydrogen-bond acceptors (Lipinski definition) is 4. The molecular formula is C16H21ClN2O2S. The Labute approximate surface area is 141 Å². The van der Waals surface area contributed by atoms with Gasteiger partial charge in [-0.1, -0.05) is 23.8 Å². The van der Waals surface area contributed by atoms with E-state index in [2.05, 4.69) is 0 Å². The van der Waals surface area contributed by atoms with Crippen LogP contribution in [0.5, 0.6) is 0 Å². The van der Waals surface area contributed by atoms with E-state index in [9.17, 15) is 4.79 Å². The molecule has 0 saturated carbocycles. The van der Waals surface area contributed by atoms with Gasteiger partial charge in [0.1, 0.15) is 6.04 Å². The number of aryl methyl sites for hydroxylation is 1. The molecule has 1 atom stereocenters. The summed E-state index contributed by atoms with van der Waals surface area (Å²) in [4.78, 5) is 15.4. The molecule has 0 saturated heterocycles. The molecule has 1 aromatic heterocycles. The number of hydrogen-bond donors (Lipinski definition) is 1. The van der Waals surface area contributed by atoms with Gasteiger partial charge in [-0.3, -0.25) is 4.79 Å². The Bertz CT molecular complexity index is 572. The Kier molecular flexibility index (Phi) is 7.55. The van der Waals surface area contributed by atoms with Crippen molar-refractivity contribution in [3.05, 3.63) is 52.2 Å². The normalized spacial score (nSPS) is 11.6. The molecule has 2 rings (SSSR count). The Morgan fingerprint density at radius 3 is 2.55 bits per heavy atom. The lowest BCUT2D eigenvalue weighted by Crippen LogP contribution is -2.46. The molecule has 4 nitrogen and oxygen atoms in total. The van der Waals surface area contributed by atoms with Crippen molar-refractivity contribution in [2.45, 2.75) is 19.5 Å². The second kappa shape index (κ2) is 8.90. The molecule has 6 heteroatoms. The molecule has 0 aliphatic heterocycles. The lowest BCUT2D eigenvalue weighted by atomic mass is 10.2. The standard InChI is InChI=1S/C16H20N2O2S.ClH/c1-12-5-7-13(8-6-12)18(10-14-4-3-9-21-14)16(19)15(17)11-20-2;/h3-9,15H,10-11,17H2,1-2H3;1H. The third-order valence-electron chi connectivity index (χ3n) is 3.17. The van der Waals surface area contributed by atoms with Gasteiger partial charge in [-0.05, 0) is 30.5 Å². The number of rotatable bonds is 6. The van der Waals surface area contributed by atoms with Crippen molar-refractivity contribution in [3.63, 3.8) is 0 Å². The van der Waals surface area contributed by atoms with Gasteiger partial charge in [0.05, 0.1) is 13.2 Å². The number of ether oxygens (including phenoxy) is 1. The largest absolute Gasteiger partial charge is 0.383 e. The molecule has 22 heavy (non-hydrogen) atoms. The van der Waals surface area contributed by atoms with Crippen LogP contribution in [-0.4, -0.2) is 25.7 Å². The Hall–Kier alpha value is -1.40. The minimum absolute atomic E-state index is 0. The van der Waals surface area contributed by atoms with E-state index in [1.807, 2.05) is 48.7 Å². The van der Waals surface area contributed by atoms with Gasteiger partial charge < -0.3 is 15.4 Å². The van der Waals surface area contributed by atoms with E-state index in [0.717, 1.165) is 16.1 Å². The minimum atomic E-state index is -0.656. The monoisotopic (exact) mass is 340 g/mol. The Balaban J connectivity index is 0.00000242. The minimum Gasteiger partial charge on any atom is -0.383 e. The topological polar surface area (TPSA) is 55.6 Å². The first-order valence-corrected chi connectivity index (χ1v) is 7.64. The van der Waals surface area contributed by atoms with Crippen LogP contribution >= 0.6 is 23.7 Å². The number of anilines is 1. The highest BCUT2D eigenvalue weighted by molar-refractivity contribution is 7.09. The second-order valence-corrected chi connectivity index (χ2v) is 5.93. The number of methoxy groups -OCH3 is 1. The van der Waals surface area contributed by atoms with E-state index in [0.29, 0.717) is 6.54 Å². The lowest BCUT2D eigenvalue weighted by Gasteiger charge is -2.25. The fourth-order valence-corrected chi connectivity index (χ4v) is 2.72. The zero-order valence-corrected chi connectivity index (χ0v) is 14.3. The summed E-state index contributed by atoms with van der Waals surface area (Å²) in [6.07, 6.45) is 0. The summed E-state index contributed by atoms with van der Waals surface area (Å²) in [5.41, 5.74) is 7.92. The van der Waals surface area contributed by atoms with E-state index < -0.39 is 6.04 Å². The van der Waals surface area contributed by atoms with Gasteiger partial charge in [0, 0.05) is 17.7 Å². The fourth-order valence-electron chi connectivity index (χ4n) is 2.03. The predicted molar refractivity (Wildman–Crippen MR) is 93.8 cm³/mol. The van der Waals surface area contributed by atoms with Crippen molar-refractivity contribution in [1.29, 1.82) is 0 Å². The van der Waals surface area contributed by atoms with E-state index in [1.54, 1.807) is 23.3 Å². The number of amides is 1. The van der Waals surface area contributed by atoms with Crippen LogP contribution in [0.4, 0.5) is 5.69 Å². The molecule has 0 bridgehead atoms. The number of carbonyl (C=O) groups is 1. The molecular weight excluding hydrogens is 320 g/mol. The number of benzene rings is 1. The van der Waals surface area contributed by atoms with Crippen LogP contribution in [0.2, 0.25) is 0 Å². The van der Waals surface area contributed by atoms with E-state index in [-0.39, 0.29) is 24.9 Å². The quantitative estimate of drug-likeness (QED) is 0.879. The van der Waals surface area contributed by atoms with Crippen LogP contribution in [0.1, 0.15) is 10.4 Å². The zero-order chi connectivity index (χ0) is 15.2. The van der Waals surface area contributed by atoms with Crippen LogP contribution in [0.25, 0.3) is 0 Å². The van der Waals surface area contributed by atoms with Crippen molar-refractivity contribution in [3.8, 4) is 0 Å². The molecule has 1 heterocycles. The number of nitrogens with two attached hydrogens (primary N) is 1. The number of carbonyl (C=O) groups excluding carboxylic acids is 1. The highest BCUT2D eigenvalue weighted by atomic mass is 35.5. The molecule has 1 unspecified atom stereocenters. The first-order valence-electron chi connectivity index (χ1n) is 6.76.